The number of halogens is 1. The number of likely N-dealkylation sites (N-methyl/N-ethyl adjacent to an activating group) is 1. The van der Waals surface area contributed by atoms with Crippen molar-refractivity contribution in [2.45, 2.75) is 13.3 Å². The van der Waals surface area contributed by atoms with Crippen molar-refractivity contribution >= 4 is 17.3 Å². The Balaban J connectivity index is 2.77. The molecule has 2 N–H and O–H groups in total. The third-order valence-corrected chi connectivity index (χ3v) is 3.03. The maximum atomic E-state index is 6.20. The summed E-state index contributed by atoms with van der Waals surface area (Å²) >= 11 is 6.20. The Hall–Kier alpha value is -0.770. The topological polar surface area (TPSA) is 38.5 Å². The van der Waals surface area contributed by atoms with Crippen molar-refractivity contribution in [1.82, 2.24) is 0 Å². The molecule has 0 heterocycles. The van der Waals surface area contributed by atoms with Crippen LogP contribution in [0.4, 0.5) is 5.69 Å². The molecular formula is C13H21ClN2O. The Labute approximate surface area is 109 Å². The molecule has 1 aromatic rings. The highest BCUT2D eigenvalue weighted by Gasteiger charge is 2.09. The summed E-state index contributed by atoms with van der Waals surface area (Å²) in [5.41, 5.74) is 7.88. The van der Waals surface area contributed by atoms with Crippen LogP contribution in [0.2, 0.25) is 5.02 Å². The molecule has 96 valence electrons. The summed E-state index contributed by atoms with van der Waals surface area (Å²) in [5.74, 6) is 0. The van der Waals surface area contributed by atoms with Crippen molar-refractivity contribution < 1.29 is 4.74 Å². The van der Waals surface area contributed by atoms with Crippen molar-refractivity contribution in [1.29, 1.82) is 0 Å². The molecule has 0 saturated heterocycles. The van der Waals surface area contributed by atoms with Gasteiger partial charge < -0.3 is 15.4 Å². The van der Waals surface area contributed by atoms with Crippen LogP contribution < -0.4 is 10.6 Å². The fraction of sp³-hybridized carbons (Fsp3) is 0.538. The lowest BCUT2D eigenvalue weighted by Gasteiger charge is -2.23. The molecule has 0 amide bonds. The Morgan fingerprint density at radius 3 is 2.82 bits per heavy atom. The van der Waals surface area contributed by atoms with Crippen LogP contribution in [0.15, 0.2) is 18.2 Å². The third kappa shape index (κ3) is 4.19. The lowest BCUT2D eigenvalue weighted by Crippen LogP contribution is -2.24. The van der Waals surface area contributed by atoms with Crippen LogP contribution in [0.5, 0.6) is 0 Å². The molecule has 0 aliphatic heterocycles. The highest BCUT2D eigenvalue weighted by atomic mass is 35.5. The molecule has 1 aromatic carbocycles. The van der Waals surface area contributed by atoms with E-state index in [9.17, 15) is 0 Å². The number of hydrogen-bond donors (Lipinski definition) is 1. The number of nitrogens with two attached hydrogens (primary N) is 1. The lowest BCUT2D eigenvalue weighted by atomic mass is 10.1. The molecule has 4 heteroatoms. The molecule has 0 aliphatic rings. The van der Waals surface area contributed by atoms with E-state index in [0.29, 0.717) is 6.54 Å². The van der Waals surface area contributed by atoms with E-state index in [-0.39, 0.29) is 0 Å². The van der Waals surface area contributed by atoms with Crippen molar-refractivity contribution in [2.75, 3.05) is 38.3 Å². The van der Waals surface area contributed by atoms with Crippen LogP contribution in [0.25, 0.3) is 0 Å². The number of ether oxygens (including phenoxy) is 1. The van der Waals surface area contributed by atoms with Gasteiger partial charge in [-0.25, -0.2) is 0 Å². The summed E-state index contributed by atoms with van der Waals surface area (Å²) in [6, 6.07) is 5.95. The molecule has 0 aliphatic carbocycles. The summed E-state index contributed by atoms with van der Waals surface area (Å²) in [6.45, 7) is 4.93. The van der Waals surface area contributed by atoms with Gasteiger partial charge in [0, 0.05) is 30.9 Å². The second-order valence-corrected chi connectivity index (χ2v) is 4.30. The zero-order chi connectivity index (χ0) is 12.7. The van der Waals surface area contributed by atoms with Gasteiger partial charge in [-0.15, -0.1) is 0 Å². The van der Waals surface area contributed by atoms with E-state index in [1.165, 1.54) is 0 Å². The van der Waals surface area contributed by atoms with Crippen LogP contribution in [-0.2, 0) is 11.2 Å². The normalized spacial score (nSPS) is 10.6. The van der Waals surface area contributed by atoms with Gasteiger partial charge in [-0.3, -0.25) is 0 Å². The highest BCUT2D eigenvalue weighted by molar-refractivity contribution is 6.31. The monoisotopic (exact) mass is 256 g/mol. The van der Waals surface area contributed by atoms with Crippen molar-refractivity contribution in [3.63, 3.8) is 0 Å². The van der Waals surface area contributed by atoms with Gasteiger partial charge in [0.1, 0.15) is 0 Å². The first kappa shape index (κ1) is 14.3. The van der Waals surface area contributed by atoms with E-state index in [1.54, 1.807) is 0 Å². The van der Waals surface area contributed by atoms with Gasteiger partial charge in [0.05, 0.1) is 6.61 Å². The molecular weight excluding hydrogens is 236 g/mol. The minimum Gasteiger partial charge on any atom is -0.380 e. The van der Waals surface area contributed by atoms with Gasteiger partial charge in [0.15, 0.2) is 0 Å². The Morgan fingerprint density at radius 2 is 2.18 bits per heavy atom. The van der Waals surface area contributed by atoms with Gasteiger partial charge in [0.25, 0.3) is 0 Å². The van der Waals surface area contributed by atoms with E-state index in [2.05, 4.69) is 11.0 Å². The number of nitrogens with zero attached hydrogens (tertiary/aromatic N) is 1. The SMILES string of the molecule is CCOCCN(C)c1cccc(Cl)c1CCN. The van der Waals surface area contributed by atoms with Gasteiger partial charge in [-0.1, -0.05) is 17.7 Å². The van der Waals surface area contributed by atoms with E-state index in [1.807, 2.05) is 26.1 Å². The van der Waals surface area contributed by atoms with Gasteiger partial charge in [-0.2, -0.15) is 0 Å². The molecule has 0 radical (unpaired) electrons. The molecule has 3 nitrogen and oxygen atoms in total. The maximum Gasteiger partial charge on any atom is 0.0641 e. The molecule has 0 unspecified atom stereocenters. The molecule has 1 rings (SSSR count). The number of anilines is 1. The van der Waals surface area contributed by atoms with Crippen molar-refractivity contribution in [3.8, 4) is 0 Å². The van der Waals surface area contributed by atoms with E-state index < -0.39 is 0 Å². The van der Waals surface area contributed by atoms with E-state index >= 15 is 0 Å². The first-order chi connectivity index (χ1) is 8.20. The average molecular weight is 257 g/mol. The van der Waals surface area contributed by atoms with Gasteiger partial charge >= 0.3 is 0 Å². The van der Waals surface area contributed by atoms with Crippen LogP contribution in [-0.4, -0.2) is 33.4 Å². The zero-order valence-corrected chi connectivity index (χ0v) is 11.3. The first-order valence-corrected chi connectivity index (χ1v) is 6.34. The molecule has 0 spiro atoms. The van der Waals surface area contributed by atoms with Crippen LogP contribution in [0, 0.1) is 0 Å². The van der Waals surface area contributed by atoms with Crippen LogP contribution in [0.3, 0.4) is 0 Å². The molecule has 0 bridgehead atoms. The Kier molecular flexibility index (Phi) is 6.34. The summed E-state index contributed by atoms with van der Waals surface area (Å²) in [7, 11) is 2.05. The highest BCUT2D eigenvalue weighted by Crippen LogP contribution is 2.27. The third-order valence-electron chi connectivity index (χ3n) is 2.67. The first-order valence-electron chi connectivity index (χ1n) is 5.97. The fourth-order valence-electron chi connectivity index (χ4n) is 1.76. The molecule has 0 saturated carbocycles. The standard InChI is InChI=1S/C13H21ClN2O/c1-3-17-10-9-16(2)13-6-4-5-12(14)11(13)7-8-15/h4-6H,3,7-10,15H2,1-2H3. The molecule has 17 heavy (non-hydrogen) atoms. The van der Waals surface area contributed by atoms with E-state index in [4.69, 9.17) is 22.1 Å². The second kappa shape index (κ2) is 7.54. The Morgan fingerprint density at radius 1 is 1.41 bits per heavy atom. The summed E-state index contributed by atoms with van der Waals surface area (Å²) in [4.78, 5) is 2.16. The fourth-order valence-corrected chi connectivity index (χ4v) is 2.03. The summed E-state index contributed by atoms with van der Waals surface area (Å²) in [6.07, 6.45) is 0.800. The molecule has 0 aromatic heterocycles. The number of benzene rings is 1. The number of rotatable bonds is 7. The molecule has 0 fully saturated rings. The smallest absolute Gasteiger partial charge is 0.0641 e. The van der Waals surface area contributed by atoms with Gasteiger partial charge in [-0.05, 0) is 37.6 Å². The van der Waals surface area contributed by atoms with Crippen molar-refractivity contribution in [3.05, 3.63) is 28.8 Å². The number of hydrogen-bond acceptors (Lipinski definition) is 3. The quantitative estimate of drug-likeness (QED) is 0.761. The van der Waals surface area contributed by atoms with Crippen molar-refractivity contribution in [2.24, 2.45) is 5.73 Å². The largest absolute Gasteiger partial charge is 0.380 e. The summed E-state index contributed by atoms with van der Waals surface area (Å²) < 4.78 is 5.36. The minimum absolute atomic E-state index is 0.607. The second-order valence-electron chi connectivity index (χ2n) is 3.89. The molecule has 0 atom stereocenters. The van der Waals surface area contributed by atoms with Crippen LogP contribution in [0.1, 0.15) is 12.5 Å². The lowest BCUT2D eigenvalue weighted by molar-refractivity contribution is 0.154. The predicted octanol–water partition coefficient (Wildman–Crippen LogP) is 2.31. The maximum absolute atomic E-state index is 6.20. The minimum atomic E-state index is 0.607. The van der Waals surface area contributed by atoms with Crippen LogP contribution >= 0.6 is 11.6 Å². The average Bonchev–Trinajstić information content (AvgIpc) is 2.32. The zero-order valence-electron chi connectivity index (χ0n) is 10.6. The summed E-state index contributed by atoms with van der Waals surface area (Å²) in [5, 5.41) is 0.788. The Bertz CT molecular complexity index is 344. The van der Waals surface area contributed by atoms with Gasteiger partial charge in [0.2, 0.25) is 0 Å². The van der Waals surface area contributed by atoms with E-state index in [0.717, 1.165) is 42.5 Å². The predicted molar refractivity (Wildman–Crippen MR) is 74.0 cm³/mol.